The van der Waals surface area contributed by atoms with Crippen LogP contribution in [-0.2, 0) is 19.0 Å². The zero-order chi connectivity index (χ0) is 16.2. The Morgan fingerprint density at radius 2 is 2.14 bits per heavy atom. The van der Waals surface area contributed by atoms with E-state index in [9.17, 15) is 13.2 Å². The number of benzene rings is 1. The van der Waals surface area contributed by atoms with Gasteiger partial charge in [0.05, 0.1) is 22.2 Å². The molecule has 1 heterocycles. The maximum Gasteiger partial charge on any atom is 0.418 e. The van der Waals surface area contributed by atoms with Crippen LogP contribution >= 0.6 is 11.3 Å². The molecule has 1 N–H and O–H groups in total. The summed E-state index contributed by atoms with van der Waals surface area (Å²) < 4.78 is 38.9. The highest BCUT2D eigenvalue weighted by Gasteiger charge is 2.33. The van der Waals surface area contributed by atoms with Crippen LogP contribution in [-0.4, -0.2) is 11.5 Å². The first-order valence-electron chi connectivity index (χ1n) is 6.73. The van der Waals surface area contributed by atoms with Gasteiger partial charge in [0.25, 0.3) is 0 Å². The largest absolute Gasteiger partial charge is 0.418 e. The van der Waals surface area contributed by atoms with E-state index in [0.717, 1.165) is 22.4 Å². The Hall–Kier alpha value is -2.07. The Kier molecular flexibility index (Phi) is 5.03. The second-order valence-corrected chi connectivity index (χ2v) is 5.82. The van der Waals surface area contributed by atoms with Crippen LogP contribution < -0.4 is 5.32 Å². The van der Waals surface area contributed by atoms with Crippen molar-refractivity contribution in [3.8, 4) is 6.07 Å². The number of aromatic nitrogens is 1. The number of halogens is 3. The van der Waals surface area contributed by atoms with Gasteiger partial charge in [-0.15, -0.1) is 11.3 Å². The molecule has 0 spiro atoms. The van der Waals surface area contributed by atoms with Gasteiger partial charge in [0.2, 0.25) is 0 Å². The molecular formula is C15H14F3N3S. The van der Waals surface area contributed by atoms with Crippen LogP contribution in [0.4, 0.5) is 18.9 Å². The summed E-state index contributed by atoms with van der Waals surface area (Å²) in [4.78, 5) is 5.38. The highest BCUT2D eigenvalue weighted by molar-refractivity contribution is 7.11. The zero-order valence-electron chi connectivity index (χ0n) is 11.9. The first-order valence-corrected chi connectivity index (χ1v) is 7.54. The maximum absolute atomic E-state index is 13.0. The summed E-state index contributed by atoms with van der Waals surface area (Å²) in [5, 5.41) is 12.5. The molecule has 0 amide bonds. The van der Waals surface area contributed by atoms with Gasteiger partial charge in [-0.3, -0.25) is 0 Å². The molecule has 0 atom stereocenters. The van der Waals surface area contributed by atoms with E-state index in [1.165, 1.54) is 12.1 Å². The molecule has 0 saturated carbocycles. The fourth-order valence-electron chi connectivity index (χ4n) is 1.94. The van der Waals surface area contributed by atoms with E-state index in [1.54, 1.807) is 17.5 Å². The van der Waals surface area contributed by atoms with Crippen LogP contribution in [0.3, 0.4) is 0 Å². The van der Waals surface area contributed by atoms with E-state index in [1.807, 2.05) is 13.0 Å². The topological polar surface area (TPSA) is 48.7 Å². The molecule has 1 aromatic carbocycles. The molecule has 3 nitrogen and oxygen atoms in total. The lowest BCUT2D eigenvalue weighted by atomic mass is 10.1. The fourth-order valence-corrected chi connectivity index (χ4v) is 2.80. The molecule has 0 saturated heterocycles. The number of nitrogens with one attached hydrogen (secondary N) is 1. The lowest BCUT2D eigenvalue weighted by molar-refractivity contribution is -0.136. The quantitative estimate of drug-likeness (QED) is 0.894. The third-order valence-corrected chi connectivity index (χ3v) is 4.26. The highest BCUT2D eigenvalue weighted by atomic mass is 32.1. The summed E-state index contributed by atoms with van der Waals surface area (Å²) in [6.07, 6.45) is -1.23. The first kappa shape index (κ1) is 16.3. The minimum Gasteiger partial charge on any atom is -0.384 e. The summed E-state index contributed by atoms with van der Waals surface area (Å²) >= 11 is 1.56. The molecule has 0 radical (unpaired) electrons. The number of aryl methyl sites for hydroxylation is 1. The summed E-state index contributed by atoms with van der Waals surface area (Å²) in [5.74, 6) is 0. The minimum absolute atomic E-state index is 0.0705. The van der Waals surface area contributed by atoms with Crippen LogP contribution in [0.25, 0.3) is 0 Å². The van der Waals surface area contributed by atoms with Gasteiger partial charge in [-0.1, -0.05) is 6.92 Å². The Labute approximate surface area is 130 Å². The predicted octanol–water partition coefficient (Wildman–Crippen LogP) is 4.25. The standard InChI is InChI=1S/C15H14F3N3S/c1-2-11-9-21-14(22-11)5-6-20-13-7-10(8-19)3-4-12(13)15(16,17)18/h3-4,7,9,20H,2,5-6H2,1H3. The van der Waals surface area contributed by atoms with E-state index in [0.29, 0.717) is 13.0 Å². The molecule has 1 aromatic heterocycles. The van der Waals surface area contributed by atoms with Crippen molar-refractivity contribution in [3.05, 3.63) is 45.4 Å². The summed E-state index contributed by atoms with van der Waals surface area (Å²) in [6, 6.07) is 5.17. The van der Waals surface area contributed by atoms with Crippen molar-refractivity contribution in [3.63, 3.8) is 0 Å². The average molecular weight is 325 g/mol. The van der Waals surface area contributed by atoms with Crippen molar-refractivity contribution in [2.24, 2.45) is 0 Å². The molecule has 7 heteroatoms. The molecular weight excluding hydrogens is 311 g/mol. The summed E-state index contributed by atoms with van der Waals surface area (Å²) in [7, 11) is 0. The average Bonchev–Trinajstić information content (AvgIpc) is 2.94. The Balaban J connectivity index is 2.09. The number of anilines is 1. The molecule has 22 heavy (non-hydrogen) atoms. The number of hydrogen-bond acceptors (Lipinski definition) is 4. The number of alkyl halides is 3. The minimum atomic E-state index is -4.45. The van der Waals surface area contributed by atoms with Crippen molar-refractivity contribution >= 4 is 17.0 Å². The normalized spacial score (nSPS) is 11.2. The molecule has 2 rings (SSSR count). The van der Waals surface area contributed by atoms with E-state index >= 15 is 0 Å². The van der Waals surface area contributed by atoms with Crippen LogP contribution in [0, 0.1) is 11.3 Å². The van der Waals surface area contributed by atoms with Gasteiger partial charge >= 0.3 is 6.18 Å². The molecule has 0 fully saturated rings. The van der Waals surface area contributed by atoms with Crippen molar-refractivity contribution in [1.29, 1.82) is 5.26 Å². The number of rotatable bonds is 5. The Bertz CT molecular complexity index is 686. The maximum atomic E-state index is 13.0. The monoisotopic (exact) mass is 325 g/mol. The lowest BCUT2D eigenvalue weighted by Crippen LogP contribution is -2.13. The van der Waals surface area contributed by atoms with Crippen molar-refractivity contribution in [2.75, 3.05) is 11.9 Å². The van der Waals surface area contributed by atoms with Crippen molar-refractivity contribution in [2.45, 2.75) is 25.9 Å². The first-order chi connectivity index (χ1) is 10.4. The van der Waals surface area contributed by atoms with Crippen molar-refractivity contribution in [1.82, 2.24) is 4.98 Å². The molecule has 0 bridgehead atoms. The Morgan fingerprint density at radius 1 is 1.36 bits per heavy atom. The van der Waals surface area contributed by atoms with Gasteiger partial charge in [-0.2, -0.15) is 18.4 Å². The van der Waals surface area contributed by atoms with Gasteiger partial charge in [-0.05, 0) is 24.6 Å². The van der Waals surface area contributed by atoms with E-state index < -0.39 is 11.7 Å². The molecule has 0 aliphatic carbocycles. The van der Waals surface area contributed by atoms with Crippen LogP contribution in [0.1, 0.15) is 27.9 Å². The van der Waals surface area contributed by atoms with Gasteiger partial charge in [0.15, 0.2) is 0 Å². The number of nitriles is 1. The SMILES string of the molecule is CCc1cnc(CCNc2cc(C#N)ccc2C(F)(F)F)s1. The fraction of sp³-hybridized carbons (Fsp3) is 0.333. The third-order valence-electron chi connectivity index (χ3n) is 3.06. The van der Waals surface area contributed by atoms with Crippen LogP contribution in [0.5, 0.6) is 0 Å². The highest BCUT2D eigenvalue weighted by Crippen LogP contribution is 2.35. The van der Waals surface area contributed by atoms with Crippen LogP contribution in [0.2, 0.25) is 0 Å². The lowest BCUT2D eigenvalue weighted by Gasteiger charge is -2.14. The van der Waals surface area contributed by atoms with E-state index in [2.05, 4.69) is 10.3 Å². The van der Waals surface area contributed by atoms with Gasteiger partial charge < -0.3 is 5.32 Å². The summed E-state index contributed by atoms with van der Waals surface area (Å²) in [5.41, 5.74) is -0.642. The second kappa shape index (κ2) is 6.79. The smallest absolute Gasteiger partial charge is 0.384 e. The number of hydrogen-bond donors (Lipinski definition) is 1. The van der Waals surface area contributed by atoms with Crippen molar-refractivity contribution < 1.29 is 13.2 Å². The molecule has 116 valence electrons. The van der Waals surface area contributed by atoms with Gasteiger partial charge in [0.1, 0.15) is 0 Å². The zero-order valence-corrected chi connectivity index (χ0v) is 12.7. The molecule has 0 aliphatic heterocycles. The predicted molar refractivity (Wildman–Crippen MR) is 79.8 cm³/mol. The number of nitrogens with zero attached hydrogens (tertiary/aromatic N) is 2. The third kappa shape index (κ3) is 3.98. The van der Waals surface area contributed by atoms with E-state index in [4.69, 9.17) is 5.26 Å². The second-order valence-electron chi connectivity index (χ2n) is 4.62. The number of thiazole rings is 1. The molecule has 0 aliphatic rings. The van der Waals surface area contributed by atoms with Gasteiger partial charge in [-0.25, -0.2) is 4.98 Å². The van der Waals surface area contributed by atoms with Gasteiger partial charge in [0, 0.05) is 29.7 Å². The Morgan fingerprint density at radius 3 is 2.73 bits per heavy atom. The molecule has 0 unspecified atom stereocenters. The van der Waals surface area contributed by atoms with Crippen LogP contribution in [0.15, 0.2) is 24.4 Å². The van der Waals surface area contributed by atoms with E-state index in [-0.39, 0.29) is 11.3 Å². The molecule has 2 aromatic rings. The summed E-state index contributed by atoms with van der Waals surface area (Å²) in [6.45, 7) is 2.35.